The smallest absolute Gasteiger partial charge is 0.271 e. The quantitative estimate of drug-likeness (QED) is 0.370. The summed E-state index contributed by atoms with van der Waals surface area (Å²) >= 11 is 0. The van der Waals surface area contributed by atoms with Crippen molar-refractivity contribution in [3.63, 3.8) is 0 Å². The number of nitro groups is 1. The van der Waals surface area contributed by atoms with Crippen molar-refractivity contribution >= 4 is 27.3 Å². The first-order chi connectivity index (χ1) is 17.0. The van der Waals surface area contributed by atoms with Crippen LogP contribution < -0.4 is 14.4 Å². The van der Waals surface area contributed by atoms with E-state index < -0.39 is 39.0 Å². The molecule has 1 aliphatic rings. The molecule has 3 aromatic rings. The summed E-state index contributed by atoms with van der Waals surface area (Å²) in [4.78, 5) is 24.0. The van der Waals surface area contributed by atoms with Gasteiger partial charge in [0.15, 0.2) is 0 Å². The SMILES string of the molecule is Cc1ccc2c(c1)OC(C)(C)CC2NC(=O)CN(c1cccc([N+](=O)[O-])c1)S(=O)(=O)c1ccccc1. The van der Waals surface area contributed by atoms with Crippen LogP contribution in [0.4, 0.5) is 11.4 Å². The Morgan fingerprint density at radius 3 is 2.53 bits per heavy atom. The minimum Gasteiger partial charge on any atom is -0.487 e. The minimum absolute atomic E-state index is 0.0199. The molecule has 3 aromatic carbocycles. The van der Waals surface area contributed by atoms with Crippen LogP contribution >= 0.6 is 0 Å². The van der Waals surface area contributed by atoms with Crippen molar-refractivity contribution in [2.75, 3.05) is 10.8 Å². The summed E-state index contributed by atoms with van der Waals surface area (Å²) in [5, 5.41) is 14.3. The summed E-state index contributed by atoms with van der Waals surface area (Å²) < 4.78 is 34.1. The Balaban J connectivity index is 1.67. The molecular weight excluding hydrogens is 482 g/mol. The highest BCUT2D eigenvalue weighted by Gasteiger charge is 2.36. The molecule has 1 aliphatic heterocycles. The van der Waals surface area contributed by atoms with Crippen LogP contribution in [0.2, 0.25) is 0 Å². The number of benzene rings is 3. The lowest BCUT2D eigenvalue weighted by atomic mass is 9.89. The van der Waals surface area contributed by atoms with Crippen molar-refractivity contribution < 1.29 is 22.9 Å². The number of nitrogens with one attached hydrogen (secondary N) is 1. The largest absolute Gasteiger partial charge is 0.487 e. The van der Waals surface area contributed by atoms with Gasteiger partial charge in [0.05, 0.1) is 21.5 Å². The maximum absolute atomic E-state index is 13.5. The van der Waals surface area contributed by atoms with Gasteiger partial charge in [0, 0.05) is 24.1 Å². The van der Waals surface area contributed by atoms with Crippen molar-refractivity contribution in [3.05, 3.63) is 94.0 Å². The summed E-state index contributed by atoms with van der Waals surface area (Å²) in [6, 6.07) is 18.2. The van der Waals surface area contributed by atoms with Crippen LogP contribution in [0.25, 0.3) is 0 Å². The number of carbonyl (C=O) groups excluding carboxylic acids is 1. The van der Waals surface area contributed by atoms with Crippen molar-refractivity contribution in [1.29, 1.82) is 0 Å². The Hall–Kier alpha value is -3.92. The minimum atomic E-state index is -4.20. The van der Waals surface area contributed by atoms with Gasteiger partial charge in [-0.2, -0.15) is 0 Å². The number of rotatable bonds is 7. The molecule has 0 saturated heterocycles. The van der Waals surface area contributed by atoms with E-state index in [0.717, 1.165) is 21.5 Å². The molecule has 4 rings (SSSR count). The molecule has 9 nitrogen and oxygen atoms in total. The van der Waals surface area contributed by atoms with Crippen LogP contribution in [0, 0.1) is 17.0 Å². The first-order valence-electron chi connectivity index (χ1n) is 11.4. The maximum Gasteiger partial charge on any atom is 0.271 e. The number of carbonyl (C=O) groups is 1. The lowest BCUT2D eigenvalue weighted by molar-refractivity contribution is -0.384. The number of amides is 1. The predicted molar refractivity (Wildman–Crippen MR) is 135 cm³/mol. The van der Waals surface area contributed by atoms with Crippen molar-refractivity contribution in [3.8, 4) is 5.75 Å². The number of fused-ring (bicyclic) bond motifs is 1. The molecule has 36 heavy (non-hydrogen) atoms. The Morgan fingerprint density at radius 2 is 1.83 bits per heavy atom. The zero-order valence-corrected chi connectivity index (χ0v) is 21.0. The Labute approximate surface area is 209 Å². The van der Waals surface area contributed by atoms with Gasteiger partial charge in [-0.15, -0.1) is 0 Å². The lowest BCUT2D eigenvalue weighted by Gasteiger charge is -2.38. The van der Waals surface area contributed by atoms with Crippen LogP contribution in [0.5, 0.6) is 5.75 Å². The fourth-order valence-electron chi connectivity index (χ4n) is 4.25. The molecule has 10 heteroatoms. The molecule has 1 amide bonds. The molecule has 0 bridgehead atoms. The third-order valence-corrected chi connectivity index (χ3v) is 7.70. The predicted octanol–water partition coefficient (Wildman–Crippen LogP) is 4.52. The fourth-order valence-corrected chi connectivity index (χ4v) is 5.69. The Kier molecular flexibility index (Phi) is 6.73. The van der Waals surface area contributed by atoms with E-state index in [-0.39, 0.29) is 16.3 Å². The molecule has 0 radical (unpaired) electrons. The van der Waals surface area contributed by atoms with E-state index in [9.17, 15) is 23.3 Å². The summed E-state index contributed by atoms with van der Waals surface area (Å²) in [7, 11) is -4.20. The first-order valence-corrected chi connectivity index (χ1v) is 12.8. The molecule has 0 spiro atoms. The van der Waals surface area contributed by atoms with Crippen molar-refractivity contribution in [2.45, 2.75) is 43.7 Å². The summed E-state index contributed by atoms with van der Waals surface area (Å²) in [5.74, 6) is 0.124. The molecule has 0 aromatic heterocycles. The van der Waals surface area contributed by atoms with Crippen LogP contribution in [0.3, 0.4) is 0 Å². The average Bonchev–Trinajstić information content (AvgIpc) is 2.82. The van der Waals surface area contributed by atoms with E-state index in [1.165, 1.54) is 30.3 Å². The molecule has 0 saturated carbocycles. The number of ether oxygens (including phenoxy) is 1. The number of nitro benzene ring substituents is 1. The third-order valence-electron chi connectivity index (χ3n) is 5.91. The first kappa shape index (κ1) is 25.2. The number of sulfonamides is 1. The van der Waals surface area contributed by atoms with Gasteiger partial charge in [-0.1, -0.05) is 36.4 Å². The molecular formula is C26H27N3O6S. The van der Waals surface area contributed by atoms with E-state index in [1.807, 2.05) is 39.0 Å². The molecule has 0 fully saturated rings. The normalized spacial score (nSPS) is 16.4. The van der Waals surface area contributed by atoms with Crippen LogP contribution in [-0.4, -0.2) is 31.4 Å². The Morgan fingerprint density at radius 1 is 1.11 bits per heavy atom. The van der Waals surface area contributed by atoms with E-state index in [1.54, 1.807) is 18.2 Å². The highest BCUT2D eigenvalue weighted by atomic mass is 32.2. The van der Waals surface area contributed by atoms with Crippen LogP contribution in [-0.2, 0) is 14.8 Å². The van der Waals surface area contributed by atoms with Gasteiger partial charge in [-0.3, -0.25) is 19.2 Å². The average molecular weight is 510 g/mol. The van der Waals surface area contributed by atoms with Crippen molar-refractivity contribution in [1.82, 2.24) is 5.32 Å². The number of nitrogens with zero attached hydrogens (tertiary/aromatic N) is 2. The summed E-state index contributed by atoms with van der Waals surface area (Å²) in [5.41, 5.74) is 1.01. The van der Waals surface area contributed by atoms with Gasteiger partial charge in [-0.05, 0) is 50.6 Å². The number of anilines is 1. The maximum atomic E-state index is 13.5. The monoisotopic (exact) mass is 509 g/mol. The van der Waals surface area contributed by atoms with Crippen LogP contribution in [0.15, 0.2) is 77.7 Å². The number of aryl methyl sites for hydroxylation is 1. The van der Waals surface area contributed by atoms with E-state index in [0.29, 0.717) is 12.2 Å². The fraction of sp³-hybridized carbons (Fsp3) is 0.269. The van der Waals surface area contributed by atoms with E-state index >= 15 is 0 Å². The van der Waals surface area contributed by atoms with Gasteiger partial charge in [0.2, 0.25) is 5.91 Å². The topological polar surface area (TPSA) is 119 Å². The molecule has 1 unspecified atom stereocenters. The van der Waals surface area contributed by atoms with Crippen molar-refractivity contribution in [2.24, 2.45) is 0 Å². The third kappa shape index (κ3) is 5.33. The second-order valence-corrected chi connectivity index (χ2v) is 11.2. The summed E-state index contributed by atoms with van der Waals surface area (Å²) in [6.07, 6.45) is 0.483. The molecule has 0 aliphatic carbocycles. The highest BCUT2D eigenvalue weighted by Crippen LogP contribution is 2.40. The Bertz CT molecular complexity index is 1410. The van der Waals surface area contributed by atoms with E-state index in [2.05, 4.69) is 5.32 Å². The van der Waals surface area contributed by atoms with E-state index in [4.69, 9.17) is 4.74 Å². The second kappa shape index (κ2) is 9.62. The lowest BCUT2D eigenvalue weighted by Crippen LogP contribution is -2.45. The number of hydrogen-bond acceptors (Lipinski definition) is 6. The summed E-state index contributed by atoms with van der Waals surface area (Å²) in [6.45, 7) is 5.24. The van der Waals surface area contributed by atoms with Gasteiger partial charge in [0.1, 0.15) is 17.9 Å². The van der Waals surface area contributed by atoms with Gasteiger partial charge in [0.25, 0.3) is 15.7 Å². The molecule has 188 valence electrons. The molecule has 1 atom stereocenters. The van der Waals surface area contributed by atoms with Gasteiger partial charge in [-0.25, -0.2) is 8.42 Å². The second-order valence-electron chi connectivity index (χ2n) is 9.33. The zero-order valence-electron chi connectivity index (χ0n) is 20.2. The van der Waals surface area contributed by atoms with Gasteiger partial charge < -0.3 is 10.1 Å². The number of hydrogen-bond donors (Lipinski definition) is 1. The molecule has 1 N–H and O–H groups in total. The highest BCUT2D eigenvalue weighted by molar-refractivity contribution is 7.92. The standard InChI is InChI=1S/C26H27N3O6S/c1-18-12-13-22-23(16-26(2,3)35-24(22)14-18)27-25(30)17-28(19-8-7-9-20(15-19)29(31)32)36(33,34)21-10-5-4-6-11-21/h4-15,23H,16-17H2,1-3H3,(H,27,30). The van der Waals surface area contributed by atoms with Gasteiger partial charge >= 0.3 is 0 Å². The number of non-ortho nitro benzene ring substituents is 1. The zero-order chi connectivity index (χ0) is 26.1. The van der Waals surface area contributed by atoms with Crippen LogP contribution in [0.1, 0.15) is 37.4 Å². The molecule has 1 heterocycles.